The lowest BCUT2D eigenvalue weighted by atomic mass is 10.3. The molecular weight excluding hydrogens is 339 g/mol. The fourth-order valence-corrected chi connectivity index (χ4v) is 2.38. The van der Waals surface area contributed by atoms with Crippen molar-refractivity contribution in [1.82, 2.24) is 19.5 Å². The number of carbonyl (C=O) groups is 1. The highest BCUT2D eigenvalue weighted by atomic mass is 35.5. The molecule has 23 heavy (non-hydrogen) atoms. The van der Waals surface area contributed by atoms with E-state index in [1.807, 2.05) is 0 Å². The van der Waals surface area contributed by atoms with Crippen LogP contribution in [0.4, 0.5) is 16.3 Å². The molecule has 2 heterocycles. The largest absolute Gasteiger partial charge is 0.324 e. The Kier molecular flexibility index (Phi) is 4.40. The van der Waals surface area contributed by atoms with Crippen molar-refractivity contribution >= 4 is 40.7 Å². The van der Waals surface area contributed by atoms with Gasteiger partial charge in [-0.25, -0.2) is 19.7 Å². The van der Waals surface area contributed by atoms with Gasteiger partial charge in [-0.3, -0.25) is 9.88 Å². The van der Waals surface area contributed by atoms with E-state index in [0.29, 0.717) is 27.4 Å². The SMILES string of the molecule is O=C(Nc1cc(Cl)cc(Cl)c1)Nc1cc(-n2ccnc2)ncn1. The number of carbonyl (C=O) groups excluding carboxylic acids is 1. The standard InChI is InChI=1S/C14H10Cl2N6O/c15-9-3-10(16)5-11(4-9)20-14(23)21-12-6-13(19-7-18-12)22-2-1-17-8-22/h1-8H,(H2,18,19,20,21,23). The van der Waals surface area contributed by atoms with Crippen LogP contribution in [0.3, 0.4) is 0 Å². The molecule has 0 aliphatic heterocycles. The Morgan fingerprint density at radius 1 is 1.04 bits per heavy atom. The molecule has 0 unspecified atom stereocenters. The van der Waals surface area contributed by atoms with E-state index in [2.05, 4.69) is 25.6 Å². The Hall–Kier alpha value is -2.64. The zero-order valence-corrected chi connectivity index (χ0v) is 13.1. The van der Waals surface area contributed by atoms with Crippen LogP contribution >= 0.6 is 23.2 Å². The molecule has 116 valence electrons. The molecule has 3 rings (SSSR count). The van der Waals surface area contributed by atoms with E-state index in [1.54, 1.807) is 47.6 Å². The number of amides is 2. The predicted octanol–water partition coefficient (Wildman–Crippen LogP) is 3.61. The van der Waals surface area contributed by atoms with E-state index in [1.165, 1.54) is 6.33 Å². The third-order valence-electron chi connectivity index (χ3n) is 2.78. The maximum absolute atomic E-state index is 12.0. The predicted molar refractivity (Wildman–Crippen MR) is 88.3 cm³/mol. The van der Waals surface area contributed by atoms with Crippen LogP contribution < -0.4 is 10.6 Å². The lowest BCUT2D eigenvalue weighted by molar-refractivity contribution is 0.262. The van der Waals surface area contributed by atoms with Gasteiger partial charge in [-0.1, -0.05) is 23.2 Å². The molecule has 0 radical (unpaired) electrons. The minimum absolute atomic E-state index is 0.342. The molecule has 0 saturated heterocycles. The highest BCUT2D eigenvalue weighted by Gasteiger charge is 2.07. The van der Waals surface area contributed by atoms with Crippen molar-refractivity contribution in [3.8, 4) is 5.82 Å². The van der Waals surface area contributed by atoms with Gasteiger partial charge in [0.1, 0.15) is 24.3 Å². The molecule has 0 aliphatic rings. The molecule has 0 aliphatic carbocycles. The second-order valence-electron chi connectivity index (χ2n) is 4.47. The smallest absolute Gasteiger partial charge is 0.308 e. The molecule has 0 spiro atoms. The number of nitrogens with zero attached hydrogens (tertiary/aromatic N) is 4. The van der Waals surface area contributed by atoms with Crippen LogP contribution in [-0.4, -0.2) is 25.6 Å². The van der Waals surface area contributed by atoms with Crippen LogP contribution in [0.2, 0.25) is 10.0 Å². The maximum atomic E-state index is 12.0. The summed E-state index contributed by atoms with van der Waals surface area (Å²) in [6.45, 7) is 0. The van der Waals surface area contributed by atoms with Gasteiger partial charge < -0.3 is 5.32 Å². The van der Waals surface area contributed by atoms with Crippen LogP contribution in [0.25, 0.3) is 5.82 Å². The molecule has 0 fully saturated rings. The third kappa shape index (κ3) is 3.97. The monoisotopic (exact) mass is 348 g/mol. The summed E-state index contributed by atoms with van der Waals surface area (Å²) in [6.07, 6.45) is 6.31. The van der Waals surface area contributed by atoms with Crippen molar-refractivity contribution in [2.45, 2.75) is 0 Å². The van der Waals surface area contributed by atoms with Gasteiger partial charge in [-0.2, -0.15) is 0 Å². The molecule has 9 heteroatoms. The molecular formula is C14H10Cl2N6O. The number of hydrogen-bond donors (Lipinski definition) is 2. The van der Waals surface area contributed by atoms with E-state index in [-0.39, 0.29) is 0 Å². The quantitative estimate of drug-likeness (QED) is 0.756. The van der Waals surface area contributed by atoms with Gasteiger partial charge in [0.2, 0.25) is 0 Å². The van der Waals surface area contributed by atoms with Gasteiger partial charge in [0.15, 0.2) is 0 Å². The number of anilines is 2. The molecule has 0 atom stereocenters. The number of urea groups is 1. The van der Waals surface area contributed by atoms with Gasteiger partial charge in [0.25, 0.3) is 0 Å². The fraction of sp³-hybridized carbons (Fsp3) is 0. The minimum atomic E-state index is -0.474. The lowest BCUT2D eigenvalue weighted by Gasteiger charge is -2.08. The summed E-state index contributed by atoms with van der Waals surface area (Å²) < 4.78 is 1.70. The molecule has 3 aromatic rings. The van der Waals surface area contributed by atoms with Crippen molar-refractivity contribution in [2.24, 2.45) is 0 Å². The average molecular weight is 349 g/mol. The van der Waals surface area contributed by atoms with Crippen molar-refractivity contribution in [3.63, 3.8) is 0 Å². The zero-order valence-electron chi connectivity index (χ0n) is 11.6. The molecule has 2 aromatic heterocycles. The number of rotatable bonds is 3. The van der Waals surface area contributed by atoms with Gasteiger partial charge in [0.05, 0.1) is 0 Å². The average Bonchev–Trinajstić information content (AvgIpc) is 3.00. The lowest BCUT2D eigenvalue weighted by Crippen LogP contribution is -2.20. The van der Waals surface area contributed by atoms with Crippen LogP contribution in [0.1, 0.15) is 0 Å². The van der Waals surface area contributed by atoms with Crippen molar-refractivity contribution < 1.29 is 4.79 Å². The van der Waals surface area contributed by atoms with Crippen LogP contribution in [0.15, 0.2) is 49.3 Å². The van der Waals surface area contributed by atoms with E-state index in [4.69, 9.17) is 23.2 Å². The number of nitrogens with one attached hydrogen (secondary N) is 2. The second kappa shape index (κ2) is 6.64. The van der Waals surface area contributed by atoms with Gasteiger partial charge in [-0.15, -0.1) is 0 Å². The highest BCUT2D eigenvalue weighted by Crippen LogP contribution is 2.22. The molecule has 7 nitrogen and oxygen atoms in total. The number of imidazole rings is 1. The number of halogens is 2. The summed E-state index contributed by atoms with van der Waals surface area (Å²) in [4.78, 5) is 24.1. The maximum Gasteiger partial charge on any atom is 0.324 e. The number of hydrogen-bond acceptors (Lipinski definition) is 4. The van der Waals surface area contributed by atoms with Crippen molar-refractivity contribution in [3.05, 3.63) is 59.4 Å². The van der Waals surface area contributed by atoms with Gasteiger partial charge in [0, 0.05) is 34.2 Å². The minimum Gasteiger partial charge on any atom is -0.308 e. The fourth-order valence-electron chi connectivity index (χ4n) is 1.86. The van der Waals surface area contributed by atoms with Gasteiger partial charge in [-0.05, 0) is 18.2 Å². The van der Waals surface area contributed by atoms with Crippen LogP contribution in [0, 0.1) is 0 Å². The van der Waals surface area contributed by atoms with Crippen LogP contribution in [-0.2, 0) is 0 Å². The topological polar surface area (TPSA) is 84.7 Å². The summed E-state index contributed by atoms with van der Waals surface area (Å²) in [6, 6.07) is 5.90. The molecule has 0 bridgehead atoms. The Bertz CT molecular complexity index is 817. The van der Waals surface area contributed by atoms with E-state index < -0.39 is 6.03 Å². The Labute approximate surface area is 141 Å². The normalized spacial score (nSPS) is 10.3. The molecule has 2 amide bonds. The van der Waals surface area contributed by atoms with E-state index in [9.17, 15) is 4.79 Å². The van der Waals surface area contributed by atoms with E-state index in [0.717, 1.165) is 0 Å². The summed E-state index contributed by atoms with van der Waals surface area (Å²) in [5.41, 5.74) is 0.476. The third-order valence-corrected chi connectivity index (χ3v) is 3.22. The summed E-state index contributed by atoms with van der Waals surface area (Å²) in [7, 11) is 0. The molecule has 1 aromatic carbocycles. The van der Waals surface area contributed by atoms with Crippen molar-refractivity contribution in [2.75, 3.05) is 10.6 Å². The summed E-state index contributed by atoms with van der Waals surface area (Å²) >= 11 is 11.8. The van der Waals surface area contributed by atoms with Crippen molar-refractivity contribution in [1.29, 1.82) is 0 Å². The molecule has 0 saturated carbocycles. The van der Waals surface area contributed by atoms with Crippen LogP contribution in [0.5, 0.6) is 0 Å². The first-order valence-electron chi connectivity index (χ1n) is 6.44. The Morgan fingerprint density at radius 3 is 2.52 bits per heavy atom. The summed E-state index contributed by atoms with van der Waals surface area (Å²) in [5, 5.41) is 6.09. The first-order chi connectivity index (χ1) is 11.1. The number of benzene rings is 1. The number of aromatic nitrogens is 4. The highest BCUT2D eigenvalue weighted by molar-refractivity contribution is 6.35. The molecule has 2 N–H and O–H groups in total. The zero-order chi connectivity index (χ0) is 16.2. The Morgan fingerprint density at radius 2 is 1.83 bits per heavy atom. The van der Waals surface area contributed by atoms with E-state index >= 15 is 0 Å². The summed E-state index contributed by atoms with van der Waals surface area (Å²) in [5.74, 6) is 0.924. The first-order valence-corrected chi connectivity index (χ1v) is 7.20. The first kappa shape index (κ1) is 15.3. The Balaban J connectivity index is 1.71. The second-order valence-corrected chi connectivity index (χ2v) is 5.34. The van der Waals surface area contributed by atoms with Gasteiger partial charge >= 0.3 is 6.03 Å².